The van der Waals surface area contributed by atoms with Crippen molar-refractivity contribution in [1.82, 2.24) is 4.90 Å². The van der Waals surface area contributed by atoms with Crippen LogP contribution in [0, 0.1) is 0 Å². The summed E-state index contributed by atoms with van der Waals surface area (Å²) in [4.78, 5) is 14.3. The second-order valence-corrected chi connectivity index (χ2v) is 4.74. The lowest BCUT2D eigenvalue weighted by Gasteiger charge is -2.23. The number of hydrogen-bond donors (Lipinski definition) is 2. The second-order valence-electron chi connectivity index (χ2n) is 4.74. The summed E-state index contributed by atoms with van der Waals surface area (Å²) in [5, 5.41) is 0. The van der Waals surface area contributed by atoms with Crippen molar-refractivity contribution in [3.63, 3.8) is 0 Å². The molecule has 0 aromatic heterocycles. The van der Waals surface area contributed by atoms with Crippen molar-refractivity contribution in [1.29, 1.82) is 0 Å². The maximum Gasteiger partial charge on any atom is 0.253 e. The van der Waals surface area contributed by atoms with Gasteiger partial charge in [-0.15, -0.1) is 0 Å². The maximum atomic E-state index is 12.5. The van der Waals surface area contributed by atoms with Crippen LogP contribution in [0.15, 0.2) is 24.3 Å². The Bertz CT molecular complexity index is 436. The van der Waals surface area contributed by atoms with E-state index in [-0.39, 0.29) is 12.0 Å². The van der Waals surface area contributed by atoms with E-state index in [1.165, 1.54) is 0 Å². The van der Waals surface area contributed by atoms with E-state index in [0.29, 0.717) is 38.3 Å². The van der Waals surface area contributed by atoms with E-state index < -0.39 is 0 Å². The molecule has 1 aliphatic heterocycles. The maximum absolute atomic E-state index is 12.5. The normalized spacial score (nSPS) is 20.1. The number of nitrogens with zero attached hydrogens (tertiary/aromatic N) is 1. The quantitative estimate of drug-likeness (QED) is 0.823. The Kier molecular flexibility index (Phi) is 4.90. The first-order chi connectivity index (χ1) is 9.24. The third kappa shape index (κ3) is 3.53. The Morgan fingerprint density at radius 2 is 2.26 bits per heavy atom. The monoisotopic (exact) mass is 263 g/mol. The van der Waals surface area contributed by atoms with Gasteiger partial charge in [-0.25, -0.2) is 0 Å². The van der Waals surface area contributed by atoms with Gasteiger partial charge in [-0.1, -0.05) is 12.1 Å². The molecule has 5 heteroatoms. The first-order valence-electron chi connectivity index (χ1n) is 6.64. The Morgan fingerprint density at radius 3 is 3.00 bits per heavy atom. The Morgan fingerprint density at radius 1 is 1.42 bits per heavy atom. The van der Waals surface area contributed by atoms with Gasteiger partial charge in [-0.3, -0.25) is 4.79 Å². The molecule has 0 aliphatic carbocycles. The summed E-state index contributed by atoms with van der Waals surface area (Å²) in [6, 6.07) is 7.46. The molecule has 0 radical (unpaired) electrons. The number of carbonyl (C=O) groups is 1. The number of hydrogen-bond acceptors (Lipinski definition) is 4. The van der Waals surface area contributed by atoms with Gasteiger partial charge in [-0.05, 0) is 24.1 Å². The summed E-state index contributed by atoms with van der Waals surface area (Å²) in [7, 11) is 0. The average Bonchev–Trinajstić information content (AvgIpc) is 2.72. The minimum Gasteiger partial charge on any atom is -0.375 e. The van der Waals surface area contributed by atoms with E-state index in [2.05, 4.69) is 0 Å². The fourth-order valence-corrected chi connectivity index (χ4v) is 2.24. The molecule has 0 spiro atoms. The van der Waals surface area contributed by atoms with Crippen molar-refractivity contribution < 1.29 is 9.53 Å². The zero-order chi connectivity index (χ0) is 13.7. The summed E-state index contributed by atoms with van der Waals surface area (Å²) in [6.45, 7) is 2.81. The smallest absolute Gasteiger partial charge is 0.253 e. The summed E-state index contributed by atoms with van der Waals surface area (Å²) in [5.41, 5.74) is 12.9. The van der Waals surface area contributed by atoms with E-state index in [1.807, 2.05) is 29.2 Å². The van der Waals surface area contributed by atoms with Crippen LogP contribution in [0.1, 0.15) is 22.3 Å². The lowest BCUT2D eigenvalue weighted by Crippen LogP contribution is -2.39. The molecule has 1 heterocycles. The lowest BCUT2D eigenvalue weighted by atomic mass is 10.1. The molecule has 1 aliphatic rings. The highest BCUT2D eigenvalue weighted by Gasteiger charge is 2.22. The fraction of sp³-hybridized carbons (Fsp3) is 0.500. The Hall–Kier alpha value is -1.43. The first kappa shape index (κ1) is 14.0. The summed E-state index contributed by atoms with van der Waals surface area (Å²) in [5.74, 6) is 0.0271. The van der Waals surface area contributed by atoms with Crippen LogP contribution in [0.5, 0.6) is 0 Å². The van der Waals surface area contributed by atoms with Crippen LogP contribution in [-0.2, 0) is 11.3 Å². The second kappa shape index (κ2) is 6.65. The van der Waals surface area contributed by atoms with Gasteiger partial charge in [0, 0.05) is 38.3 Å². The molecule has 1 atom stereocenters. The van der Waals surface area contributed by atoms with Gasteiger partial charge in [0.2, 0.25) is 0 Å². The van der Waals surface area contributed by atoms with Crippen molar-refractivity contribution >= 4 is 5.91 Å². The van der Waals surface area contributed by atoms with Crippen LogP contribution in [0.3, 0.4) is 0 Å². The van der Waals surface area contributed by atoms with Crippen LogP contribution in [0.4, 0.5) is 0 Å². The van der Waals surface area contributed by atoms with Crippen molar-refractivity contribution in [2.75, 3.05) is 26.2 Å². The zero-order valence-electron chi connectivity index (χ0n) is 11.0. The van der Waals surface area contributed by atoms with Crippen molar-refractivity contribution in [3.8, 4) is 0 Å². The van der Waals surface area contributed by atoms with Crippen LogP contribution in [0.25, 0.3) is 0 Å². The summed E-state index contributed by atoms with van der Waals surface area (Å²) < 4.78 is 5.57. The molecule has 4 N–H and O–H groups in total. The predicted molar refractivity (Wildman–Crippen MR) is 73.6 cm³/mol. The molecule has 5 nitrogen and oxygen atoms in total. The van der Waals surface area contributed by atoms with Crippen molar-refractivity contribution in [2.24, 2.45) is 11.5 Å². The molecule has 0 bridgehead atoms. The van der Waals surface area contributed by atoms with Gasteiger partial charge in [0.25, 0.3) is 5.91 Å². The molecule has 0 saturated carbocycles. The molecule has 1 unspecified atom stereocenters. The zero-order valence-corrected chi connectivity index (χ0v) is 11.0. The van der Waals surface area contributed by atoms with E-state index in [0.717, 1.165) is 12.0 Å². The SMILES string of the molecule is NCc1cccc(C(=O)N2CCCOC(CN)C2)c1. The van der Waals surface area contributed by atoms with Gasteiger partial charge >= 0.3 is 0 Å². The van der Waals surface area contributed by atoms with E-state index in [9.17, 15) is 4.79 Å². The molecule has 104 valence electrons. The van der Waals surface area contributed by atoms with Crippen LogP contribution >= 0.6 is 0 Å². The number of rotatable bonds is 3. The first-order valence-corrected chi connectivity index (χ1v) is 6.64. The molecule has 1 aromatic carbocycles. The number of nitrogens with two attached hydrogens (primary N) is 2. The molecule has 1 amide bonds. The number of amides is 1. The molecular weight excluding hydrogens is 242 g/mol. The number of carbonyl (C=O) groups excluding carboxylic acids is 1. The average molecular weight is 263 g/mol. The highest BCUT2D eigenvalue weighted by Crippen LogP contribution is 2.12. The standard InChI is InChI=1S/C14H21N3O2/c15-8-11-3-1-4-12(7-11)14(18)17-5-2-6-19-13(9-16)10-17/h1,3-4,7,13H,2,5-6,8-10,15-16H2. The third-order valence-corrected chi connectivity index (χ3v) is 3.31. The number of ether oxygens (including phenoxy) is 1. The molecule has 19 heavy (non-hydrogen) atoms. The van der Waals surface area contributed by atoms with Crippen molar-refractivity contribution in [2.45, 2.75) is 19.1 Å². The molecule has 2 rings (SSSR count). The van der Waals surface area contributed by atoms with Crippen LogP contribution in [0.2, 0.25) is 0 Å². The lowest BCUT2D eigenvalue weighted by molar-refractivity contribution is 0.0520. The van der Waals surface area contributed by atoms with Gasteiger partial charge in [0.15, 0.2) is 0 Å². The largest absolute Gasteiger partial charge is 0.375 e. The van der Waals surface area contributed by atoms with Gasteiger partial charge < -0.3 is 21.1 Å². The van der Waals surface area contributed by atoms with Crippen molar-refractivity contribution in [3.05, 3.63) is 35.4 Å². The van der Waals surface area contributed by atoms with Crippen LogP contribution in [-0.4, -0.2) is 43.2 Å². The Labute approximate surface area is 113 Å². The molecule has 1 aromatic rings. The highest BCUT2D eigenvalue weighted by atomic mass is 16.5. The van der Waals surface area contributed by atoms with Gasteiger partial charge in [0.05, 0.1) is 6.10 Å². The summed E-state index contributed by atoms with van der Waals surface area (Å²) >= 11 is 0. The fourth-order valence-electron chi connectivity index (χ4n) is 2.24. The third-order valence-electron chi connectivity index (χ3n) is 3.31. The predicted octanol–water partition coefficient (Wildman–Crippen LogP) is 0.335. The summed E-state index contributed by atoms with van der Waals surface area (Å²) in [6.07, 6.45) is 0.780. The minimum absolute atomic E-state index is 0.0271. The van der Waals surface area contributed by atoms with E-state index in [1.54, 1.807) is 0 Å². The molecule has 1 saturated heterocycles. The van der Waals surface area contributed by atoms with E-state index in [4.69, 9.17) is 16.2 Å². The van der Waals surface area contributed by atoms with Gasteiger partial charge in [0.1, 0.15) is 0 Å². The van der Waals surface area contributed by atoms with Crippen LogP contribution < -0.4 is 11.5 Å². The highest BCUT2D eigenvalue weighted by molar-refractivity contribution is 5.94. The van der Waals surface area contributed by atoms with E-state index >= 15 is 0 Å². The van der Waals surface area contributed by atoms with Gasteiger partial charge in [-0.2, -0.15) is 0 Å². The minimum atomic E-state index is -0.0656. The molecular formula is C14H21N3O2. The number of benzene rings is 1. The molecule has 1 fully saturated rings. The Balaban J connectivity index is 2.12. The topological polar surface area (TPSA) is 81.6 Å².